The van der Waals surface area contributed by atoms with Crippen LogP contribution in [0.5, 0.6) is 0 Å². The molecule has 1 aliphatic heterocycles. The Labute approximate surface area is 120 Å². The van der Waals surface area contributed by atoms with Gasteiger partial charge in [-0.3, -0.25) is 0 Å². The van der Waals surface area contributed by atoms with Crippen LogP contribution < -0.4 is 5.32 Å². The van der Waals surface area contributed by atoms with Crippen molar-refractivity contribution in [3.8, 4) is 0 Å². The van der Waals surface area contributed by atoms with Crippen LogP contribution in [-0.4, -0.2) is 37.1 Å². The van der Waals surface area contributed by atoms with Crippen molar-refractivity contribution in [2.24, 2.45) is 17.8 Å². The highest BCUT2D eigenvalue weighted by atomic mass is 15.2. The Bertz CT molecular complexity index is 252. The third-order valence-corrected chi connectivity index (χ3v) is 5.22. The van der Waals surface area contributed by atoms with E-state index in [0.29, 0.717) is 6.04 Å². The second-order valence-corrected chi connectivity index (χ2v) is 7.39. The monoisotopic (exact) mass is 266 g/mol. The van der Waals surface area contributed by atoms with E-state index in [-0.39, 0.29) is 0 Å². The van der Waals surface area contributed by atoms with Crippen LogP contribution in [0.3, 0.4) is 0 Å². The highest BCUT2D eigenvalue weighted by molar-refractivity contribution is 4.80. The average molecular weight is 266 g/mol. The molecule has 1 saturated carbocycles. The van der Waals surface area contributed by atoms with Crippen molar-refractivity contribution in [2.75, 3.05) is 26.2 Å². The molecule has 0 aromatic rings. The lowest BCUT2D eigenvalue weighted by Gasteiger charge is -2.31. The molecular formula is C17H34N2. The molecule has 0 spiro atoms. The maximum atomic E-state index is 3.71. The standard InChI is InChI=1S/C17H34N2/c1-14(2)17-13-19(10-5-9-18-17)11-8-16-7-4-6-15(3)12-16/h14-18H,4-13H2,1-3H3. The van der Waals surface area contributed by atoms with E-state index in [4.69, 9.17) is 0 Å². The number of hydrogen-bond acceptors (Lipinski definition) is 2. The minimum Gasteiger partial charge on any atom is -0.312 e. The molecule has 1 heterocycles. The van der Waals surface area contributed by atoms with Crippen molar-refractivity contribution in [1.82, 2.24) is 10.2 Å². The molecule has 112 valence electrons. The molecule has 2 heteroatoms. The zero-order chi connectivity index (χ0) is 13.7. The second-order valence-electron chi connectivity index (χ2n) is 7.39. The van der Waals surface area contributed by atoms with Crippen molar-refractivity contribution in [3.05, 3.63) is 0 Å². The fourth-order valence-corrected chi connectivity index (χ4v) is 3.86. The average Bonchev–Trinajstić information content (AvgIpc) is 2.62. The van der Waals surface area contributed by atoms with Gasteiger partial charge in [-0.25, -0.2) is 0 Å². The maximum absolute atomic E-state index is 3.71. The SMILES string of the molecule is CC1CCCC(CCN2CCCNC(C(C)C)C2)C1. The first kappa shape index (κ1) is 15.3. The van der Waals surface area contributed by atoms with Gasteiger partial charge in [-0.05, 0) is 56.7 Å². The summed E-state index contributed by atoms with van der Waals surface area (Å²) in [5.41, 5.74) is 0. The molecule has 0 radical (unpaired) electrons. The van der Waals surface area contributed by atoms with Gasteiger partial charge < -0.3 is 10.2 Å². The van der Waals surface area contributed by atoms with Gasteiger partial charge in [0.1, 0.15) is 0 Å². The van der Waals surface area contributed by atoms with Crippen LogP contribution in [0.4, 0.5) is 0 Å². The van der Waals surface area contributed by atoms with Gasteiger partial charge in [0.15, 0.2) is 0 Å². The van der Waals surface area contributed by atoms with Gasteiger partial charge in [-0.1, -0.05) is 40.0 Å². The van der Waals surface area contributed by atoms with Crippen molar-refractivity contribution in [2.45, 2.75) is 65.3 Å². The van der Waals surface area contributed by atoms with Crippen LogP contribution in [0.1, 0.15) is 59.3 Å². The Hall–Kier alpha value is -0.0800. The molecule has 2 nitrogen and oxygen atoms in total. The number of hydrogen-bond donors (Lipinski definition) is 1. The van der Waals surface area contributed by atoms with E-state index in [2.05, 4.69) is 31.0 Å². The molecule has 0 aromatic carbocycles. The molecule has 2 aliphatic rings. The summed E-state index contributed by atoms with van der Waals surface area (Å²) in [6, 6.07) is 0.702. The number of nitrogens with one attached hydrogen (secondary N) is 1. The summed E-state index contributed by atoms with van der Waals surface area (Å²) >= 11 is 0. The third kappa shape index (κ3) is 5.07. The minimum absolute atomic E-state index is 0.702. The largest absolute Gasteiger partial charge is 0.312 e. The summed E-state index contributed by atoms with van der Waals surface area (Å²) in [6.45, 7) is 12.3. The zero-order valence-corrected chi connectivity index (χ0v) is 13.3. The quantitative estimate of drug-likeness (QED) is 0.837. The molecule has 3 unspecified atom stereocenters. The van der Waals surface area contributed by atoms with Crippen LogP contribution in [0.15, 0.2) is 0 Å². The van der Waals surface area contributed by atoms with E-state index < -0.39 is 0 Å². The molecule has 0 aromatic heterocycles. The fourth-order valence-electron chi connectivity index (χ4n) is 3.86. The number of rotatable bonds is 4. The van der Waals surface area contributed by atoms with E-state index in [1.165, 1.54) is 64.7 Å². The molecule has 3 atom stereocenters. The summed E-state index contributed by atoms with van der Waals surface area (Å²) in [6.07, 6.45) is 8.69. The molecule has 1 N–H and O–H groups in total. The molecule has 0 amide bonds. The fraction of sp³-hybridized carbons (Fsp3) is 1.00. The van der Waals surface area contributed by atoms with Crippen LogP contribution in [0.2, 0.25) is 0 Å². The van der Waals surface area contributed by atoms with E-state index in [1.54, 1.807) is 0 Å². The second kappa shape index (κ2) is 7.64. The molecule has 1 saturated heterocycles. The van der Waals surface area contributed by atoms with E-state index in [0.717, 1.165) is 17.8 Å². The van der Waals surface area contributed by atoms with Crippen LogP contribution in [0, 0.1) is 17.8 Å². The molecule has 0 bridgehead atoms. The lowest BCUT2D eigenvalue weighted by Crippen LogP contribution is -2.41. The summed E-state index contributed by atoms with van der Waals surface area (Å²) in [5.74, 6) is 2.75. The van der Waals surface area contributed by atoms with Gasteiger partial charge in [-0.15, -0.1) is 0 Å². The zero-order valence-electron chi connectivity index (χ0n) is 13.3. The Morgan fingerprint density at radius 1 is 1.21 bits per heavy atom. The first-order chi connectivity index (χ1) is 9.15. The summed E-state index contributed by atoms with van der Waals surface area (Å²) in [5, 5.41) is 3.71. The van der Waals surface area contributed by atoms with Gasteiger partial charge in [0.25, 0.3) is 0 Å². The van der Waals surface area contributed by atoms with Gasteiger partial charge in [-0.2, -0.15) is 0 Å². The van der Waals surface area contributed by atoms with E-state index in [9.17, 15) is 0 Å². The topological polar surface area (TPSA) is 15.3 Å². The number of nitrogens with zero attached hydrogens (tertiary/aromatic N) is 1. The van der Waals surface area contributed by atoms with Crippen molar-refractivity contribution in [3.63, 3.8) is 0 Å². The molecule has 2 rings (SSSR count). The van der Waals surface area contributed by atoms with Crippen molar-refractivity contribution >= 4 is 0 Å². The lowest BCUT2D eigenvalue weighted by atomic mass is 9.81. The van der Waals surface area contributed by atoms with Crippen molar-refractivity contribution in [1.29, 1.82) is 0 Å². The van der Waals surface area contributed by atoms with Gasteiger partial charge in [0.2, 0.25) is 0 Å². The first-order valence-electron chi connectivity index (χ1n) is 8.61. The van der Waals surface area contributed by atoms with E-state index >= 15 is 0 Å². The predicted molar refractivity (Wildman–Crippen MR) is 83.4 cm³/mol. The Balaban J connectivity index is 1.74. The van der Waals surface area contributed by atoms with Crippen molar-refractivity contribution < 1.29 is 0 Å². The highest BCUT2D eigenvalue weighted by Gasteiger charge is 2.22. The van der Waals surface area contributed by atoms with Crippen LogP contribution in [-0.2, 0) is 0 Å². The normalized spacial score (nSPS) is 34.4. The molecule has 19 heavy (non-hydrogen) atoms. The lowest BCUT2D eigenvalue weighted by molar-refractivity contribution is 0.200. The Kier molecular flexibility index (Phi) is 6.15. The minimum atomic E-state index is 0.702. The highest BCUT2D eigenvalue weighted by Crippen LogP contribution is 2.30. The molecule has 2 fully saturated rings. The summed E-state index contributed by atoms with van der Waals surface area (Å²) in [4.78, 5) is 2.73. The summed E-state index contributed by atoms with van der Waals surface area (Å²) < 4.78 is 0. The smallest absolute Gasteiger partial charge is 0.0217 e. The van der Waals surface area contributed by atoms with E-state index in [1.807, 2.05) is 0 Å². The van der Waals surface area contributed by atoms with Crippen LogP contribution in [0.25, 0.3) is 0 Å². The Morgan fingerprint density at radius 3 is 2.79 bits per heavy atom. The Morgan fingerprint density at radius 2 is 2.05 bits per heavy atom. The molecular weight excluding hydrogens is 232 g/mol. The predicted octanol–water partition coefficient (Wildman–Crippen LogP) is 3.52. The maximum Gasteiger partial charge on any atom is 0.0217 e. The van der Waals surface area contributed by atoms with Gasteiger partial charge in [0, 0.05) is 12.6 Å². The van der Waals surface area contributed by atoms with Gasteiger partial charge in [0.05, 0.1) is 0 Å². The summed E-state index contributed by atoms with van der Waals surface area (Å²) in [7, 11) is 0. The van der Waals surface area contributed by atoms with Gasteiger partial charge >= 0.3 is 0 Å². The van der Waals surface area contributed by atoms with Crippen LogP contribution >= 0.6 is 0 Å². The third-order valence-electron chi connectivity index (χ3n) is 5.22. The first-order valence-corrected chi connectivity index (χ1v) is 8.61. The molecule has 1 aliphatic carbocycles.